The first-order chi connectivity index (χ1) is 9.97. The van der Waals surface area contributed by atoms with Crippen LogP contribution in [0.1, 0.15) is 32.8 Å². The molecule has 0 radical (unpaired) electrons. The van der Waals surface area contributed by atoms with Crippen LogP contribution in [0, 0.1) is 11.8 Å². The highest BCUT2D eigenvalue weighted by atomic mass is 35.5. The average molecular weight is 309 g/mol. The number of halogens is 1. The number of rotatable bonds is 4. The van der Waals surface area contributed by atoms with Gasteiger partial charge in [0.05, 0.1) is 6.04 Å². The molecule has 0 aromatic heterocycles. The van der Waals surface area contributed by atoms with Crippen molar-refractivity contribution in [3.8, 4) is 0 Å². The quantitative estimate of drug-likeness (QED) is 0.925. The number of carbonyl (C=O) groups is 1. The minimum Gasteiger partial charge on any atom is -0.351 e. The third-order valence-electron chi connectivity index (χ3n) is 4.24. The molecule has 116 valence electrons. The number of amides is 1. The number of benzene rings is 1. The molecule has 21 heavy (non-hydrogen) atoms. The van der Waals surface area contributed by atoms with Gasteiger partial charge < -0.3 is 5.32 Å². The number of nitrogens with one attached hydrogen (secondary N) is 1. The van der Waals surface area contributed by atoms with Crippen LogP contribution in [-0.2, 0) is 11.3 Å². The molecule has 0 saturated carbocycles. The van der Waals surface area contributed by atoms with Gasteiger partial charge in [-0.15, -0.1) is 0 Å². The molecular weight excluding hydrogens is 284 g/mol. The molecule has 1 amide bonds. The summed E-state index contributed by atoms with van der Waals surface area (Å²) in [6.45, 7) is 9.01. The van der Waals surface area contributed by atoms with Crippen LogP contribution in [0.5, 0.6) is 0 Å². The van der Waals surface area contributed by atoms with Crippen molar-refractivity contribution in [3.05, 3.63) is 34.9 Å². The van der Waals surface area contributed by atoms with Gasteiger partial charge in [-0.3, -0.25) is 9.69 Å². The van der Waals surface area contributed by atoms with E-state index in [1.165, 1.54) is 6.42 Å². The van der Waals surface area contributed by atoms with Crippen LogP contribution in [0.15, 0.2) is 24.3 Å². The van der Waals surface area contributed by atoms with Crippen LogP contribution in [0.25, 0.3) is 0 Å². The normalized spacial score (nSPS) is 24.6. The largest absolute Gasteiger partial charge is 0.351 e. The van der Waals surface area contributed by atoms with Gasteiger partial charge in [0, 0.05) is 24.7 Å². The Morgan fingerprint density at radius 3 is 2.57 bits per heavy atom. The molecule has 0 bridgehead atoms. The first kappa shape index (κ1) is 16.3. The molecule has 1 aromatic carbocycles. The fourth-order valence-corrected chi connectivity index (χ4v) is 3.37. The van der Waals surface area contributed by atoms with Gasteiger partial charge in [-0.05, 0) is 36.8 Å². The van der Waals surface area contributed by atoms with Crippen LogP contribution in [0.2, 0.25) is 5.02 Å². The van der Waals surface area contributed by atoms with Crippen LogP contribution in [0.4, 0.5) is 0 Å². The van der Waals surface area contributed by atoms with E-state index in [1.54, 1.807) is 0 Å². The Labute approximate surface area is 132 Å². The lowest BCUT2D eigenvalue weighted by Gasteiger charge is -2.38. The molecule has 1 aliphatic rings. The molecule has 4 heteroatoms. The zero-order chi connectivity index (χ0) is 15.4. The highest BCUT2D eigenvalue weighted by Crippen LogP contribution is 2.22. The molecule has 0 spiro atoms. The van der Waals surface area contributed by atoms with Gasteiger partial charge in [0.2, 0.25) is 5.91 Å². The molecule has 1 fully saturated rings. The third-order valence-corrected chi connectivity index (χ3v) is 4.60. The standard InChI is InChI=1S/C17H25ClN2O/c1-12-8-13(2)11-20(10-12)14(3)17(21)19-9-15-6-4-5-7-16(15)18/h4-7,12-14H,8-11H2,1-3H3,(H,19,21)/t12-,13-,14+/m1/s1. The first-order valence-corrected chi connectivity index (χ1v) is 8.10. The Morgan fingerprint density at radius 1 is 1.33 bits per heavy atom. The summed E-state index contributed by atoms with van der Waals surface area (Å²) in [7, 11) is 0. The van der Waals surface area contributed by atoms with Crippen molar-refractivity contribution in [2.45, 2.75) is 39.8 Å². The zero-order valence-electron chi connectivity index (χ0n) is 13.1. The van der Waals surface area contributed by atoms with Crippen LogP contribution in [-0.4, -0.2) is 29.9 Å². The Balaban J connectivity index is 1.89. The summed E-state index contributed by atoms with van der Waals surface area (Å²) in [6, 6.07) is 7.54. The Kier molecular flexibility index (Phi) is 5.65. The molecule has 0 unspecified atom stereocenters. The highest BCUT2D eigenvalue weighted by Gasteiger charge is 2.28. The molecule has 1 heterocycles. The van der Waals surface area contributed by atoms with E-state index >= 15 is 0 Å². The lowest BCUT2D eigenvalue weighted by atomic mass is 9.91. The summed E-state index contributed by atoms with van der Waals surface area (Å²) in [4.78, 5) is 14.6. The molecule has 1 saturated heterocycles. The monoisotopic (exact) mass is 308 g/mol. The lowest BCUT2D eigenvalue weighted by Crippen LogP contribution is -2.50. The second-order valence-electron chi connectivity index (χ2n) is 6.39. The SMILES string of the molecule is C[C@@H]1C[C@@H](C)CN([C@@H](C)C(=O)NCc2ccccc2Cl)C1. The second kappa shape index (κ2) is 7.28. The van der Waals surface area contributed by atoms with Crippen molar-refractivity contribution in [1.29, 1.82) is 0 Å². The van der Waals surface area contributed by atoms with E-state index in [0.29, 0.717) is 23.4 Å². The number of hydrogen-bond acceptors (Lipinski definition) is 2. The van der Waals surface area contributed by atoms with E-state index < -0.39 is 0 Å². The predicted molar refractivity (Wildman–Crippen MR) is 87.3 cm³/mol. The maximum absolute atomic E-state index is 12.3. The number of nitrogens with zero attached hydrogens (tertiary/aromatic N) is 1. The summed E-state index contributed by atoms with van der Waals surface area (Å²) in [5.41, 5.74) is 0.958. The summed E-state index contributed by atoms with van der Waals surface area (Å²) in [5, 5.41) is 3.70. The van der Waals surface area contributed by atoms with E-state index in [0.717, 1.165) is 18.7 Å². The molecule has 1 aromatic rings. The van der Waals surface area contributed by atoms with Gasteiger partial charge in [0.15, 0.2) is 0 Å². The van der Waals surface area contributed by atoms with Gasteiger partial charge in [-0.1, -0.05) is 43.6 Å². The van der Waals surface area contributed by atoms with E-state index in [4.69, 9.17) is 11.6 Å². The summed E-state index contributed by atoms with van der Waals surface area (Å²) < 4.78 is 0. The number of piperidine rings is 1. The van der Waals surface area contributed by atoms with Gasteiger partial charge in [0.25, 0.3) is 0 Å². The number of likely N-dealkylation sites (tertiary alicyclic amines) is 1. The van der Waals surface area contributed by atoms with Crippen LogP contribution >= 0.6 is 11.6 Å². The maximum atomic E-state index is 12.3. The van der Waals surface area contributed by atoms with Crippen molar-refractivity contribution in [2.75, 3.05) is 13.1 Å². The van der Waals surface area contributed by atoms with E-state index in [9.17, 15) is 4.79 Å². The lowest BCUT2D eigenvalue weighted by molar-refractivity contribution is -0.127. The molecular formula is C17H25ClN2O. The van der Waals surface area contributed by atoms with Gasteiger partial charge in [-0.2, -0.15) is 0 Å². The van der Waals surface area contributed by atoms with Crippen molar-refractivity contribution >= 4 is 17.5 Å². The predicted octanol–water partition coefficient (Wildman–Crippen LogP) is 3.32. The van der Waals surface area contributed by atoms with Gasteiger partial charge in [0.1, 0.15) is 0 Å². The first-order valence-electron chi connectivity index (χ1n) is 7.72. The maximum Gasteiger partial charge on any atom is 0.237 e. The molecule has 1 aliphatic heterocycles. The fourth-order valence-electron chi connectivity index (χ4n) is 3.17. The minimum absolute atomic E-state index is 0.0798. The molecule has 3 nitrogen and oxygen atoms in total. The topological polar surface area (TPSA) is 32.3 Å². The van der Waals surface area contributed by atoms with E-state index in [1.807, 2.05) is 31.2 Å². The van der Waals surface area contributed by atoms with Crippen molar-refractivity contribution in [3.63, 3.8) is 0 Å². The minimum atomic E-state index is -0.0855. The van der Waals surface area contributed by atoms with Crippen LogP contribution < -0.4 is 5.32 Å². The summed E-state index contributed by atoms with van der Waals surface area (Å²) >= 11 is 6.11. The van der Waals surface area contributed by atoms with Crippen molar-refractivity contribution < 1.29 is 4.79 Å². The van der Waals surface area contributed by atoms with E-state index in [2.05, 4.69) is 24.1 Å². The fraction of sp³-hybridized carbons (Fsp3) is 0.588. The van der Waals surface area contributed by atoms with E-state index in [-0.39, 0.29) is 11.9 Å². The molecule has 2 rings (SSSR count). The average Bonchev–Trinajstić information content (AvgIpc) is 2.44. The third kappa shape index (κ3) is 4.45. The Bertz CT molecular complexity index is 481. The second-order valence-corrected chi connectivity index (χ2v) is 6.79. The summed E-state index contributed by atoms with van der Waals surface area (Å²) in [6.07, 6.45) is 1.25. The molecule has 0 aliphatic carbocycles. The number of hydrogen-bond donors (Lipinski definition) is 1. The molecule has 1 N–H and O–H groups in total. The smallest absolute Gasteiger partial charge is 0.237 e. The zero-order valence-corrected chi connectivity index (χ0v) is 13.9. The number of carbonyl (C=O) groups excluding carboxylic acids is 1. The Morgan fingerprint density at radius 2 is 1.95 bits per heavy atom. The van der Waals surface area contributed by atoms with Crippen molar-refractivity contribution in [2.24, 2.45) is 11.8 Å². The van der Waals surface area contributed by atoms with Crippen LogP contribution in [0.3, 0.4) is 0 Å². The Hall–Kier alpha value is -1.06. The highest BCUT2D eigenvalue weighted by molar-refractivity contribution is 6.31. The van der Waals surface area contributed by atoms with Gasteiger partial charge >= 0.3 is 0 Å². The molecule has 3 atom stereocenters. The van der Waals surface area contributed by atoms with Gasteiger partial charge in [-0.25, -0.2) is 0 Å². The summed E-state index contributed by atoms with van der Waals surface area (Å²) in [5.74, 6) is 1.40. The van der Waals surface area contributed by atoms with Crippen molar-refractivity contribution in [1.82, 2.24) is 10.2 Å².